The van der Waals surface area contributed by atoms with Crippen molar-refractivity contribution in [3.05, 3.63) is 57.9 Å². The van der Waals surface area contributed by atoms with Crippen LogP contribution in [-0.2, 0) is 0 Å². The molecule has 0 unspecified atom stereocenters. The maximum absolute atomic E-state index is 12.9. The molecule has 0 aliphatic carbocycles. The molecule has 1 aromatic carbocycles. The molecule has 146 valence electrons. The molecule has 3 aromatic rings. The van der Waals surface area contributed by atoms with Crippen molar-refractivity contribution in [3.8, 4) is 11.4 Å². The Morgan fingerprint density at radius 3 is 2.68 bits per heavy atom. The molecule has 0 atom stereocenters. The molecular weight excluding hydrogens is 376 g/mol. The number of aromatic nitrogens is 3. The lowest BCUT2D eigenvalue weighted by atomic mass is 10.2. The van der Waals surface area contributed by atoms with Crippen molar-refractivity contribution in [3.63, 3.8) is 0 Å². The molecule has 1 aliphatic heterocycles. The number of ether oxygens (including phenoxy) is 1. The zero-order chi connectivity index (χ0) is 19.5. The first-order valence-electron chi connectivity index (χ1n) is 9.62. The SMILES string of the molecule is Cc1nc2cnc(Cl)cc2c(=O)n1-c1ccc(OCCCN2CCCC2)cc1. The van der Waals surface area contributed by atoms with Crippen LogP contribution in [0.1, 0.15) is 25.1 Å². The van der Waals surface area contributed by atoms with Crippen molar-refractivity contribution in [2.24, 2.45) is 0 Å². The summed E-state index contributed by atoms with van der Waals surface area (Å²) in [6.07, 6.45) is 5.17. The summed E-state index contributed by atoms with van der Waals surface area (Å²) in [5, 5.41) is 0.729. The van der Waals surface area contributed by atoms with Gasteiger partial charge in [0.25, 0.3) is 5.56 Å². The fourth-order valence-corrected chi connectivity index (χ4v) is 3.81. The van der Waals surface area contributed by atoms with Crippen LogP contribution in [0.3, 0.4) is 0 Å². The summed E-state index contributed by atoms with van der Waals surface area (Å²) >= 11 is 5.94. The molecule has 0 spiro atoms. The lowest BCUT2D eigenvalue weighted by molar-refractivity contribution is 0.263. The number of likely N-dealkylation sites (tertiary alicyclic amines) is 1. The number of rotatable bonds is 6. The number of nitrogens with zero attached hydrogens (tertiary/aromatic N) is 4. The van der Waals surface area contributed by atoms with Crippen molar-refractivity contribution in [1.82, 2.24) is 19.4 Å². The van der Waals surface area contributed by atoms with E-state index in [1.807, 2.05) is 24.3 Å². The summed E-state index contributed by atoms with van der Waals surface area (Å²) < 4.78 is 7.43. The molecule has 0 radical (unpaired) electrons. The van der Waals surface area contributed by atoms with Gasteiger partial charge < -0.3 is 9.64 Å². The first kappa shape index (κ1) is 18.9. The molecule has 1 saturated heterocycles. The Labute approximate surface area is 168 Å². The Kier molecular flexibility index (Phi) is 5.59. The van der Waals surface area contributed by atoms with Gasteiger partial charge in [-0.1, -0.05) is 11.6 Å². The monoisotopic (exact) mass is 398 g/mol. The van der Waals surface area contributed by atoms with E-state index >= 15 is 0 Å². The lowest BCUT2D eigenvalue weighted by Gasteiger charge is -2.15. The van der Waals surface area contributed by atoms with Crippen LogP contribution in [0.4, 0.5) is 0 Å². The number of fused-ring (bicyclic) bond motifs is 1. The van der Waals surface area contributed by atoms with E-state index in [4.69, 9.17) is 16.3 Å². The second-order valence-corrected chi connectivity index (χ2v) is 7.46. The van der Waals surface area contributed by atoms with Crippen molar-refractivity contribution < 1.29 is 4.74 Å². The molecule has 28 heavy (non-hydrogen) atoms. The van der Waals surface area contributed by atoms with E-state index in [0.29, 0.717) is 23.3 Å². The Morgan fingerprint density at radius 1 is 1.18 bits per heavy atom. The average Bonchev–Trinajstić information content (AvgIpc) is 3.21. The third-order valence-corrected chi connectivity index (χ3v) is 5.28. The molecular formula is C21H23ClN4O2. The van der Waals surface area contributed by atoms with Crippen molar-refractivity contribution >= 4 is 22.5 Å². The van der Waals surface area contributed by atoms with Gasteiger partial charge in [0.2, 0.25) is 0 Å². The highest BCUT2D eigenvalue weighted by atomic mass is 35.5. The largest absolute Gasteiger partial charge is 0.494 e. The highest BCUT2D eigenvalue weighted by Gasteiger charge is 2.12. The highest BCUT2D eigenvalue weighted by Crippen LogP contribution is 2.18. The zero-order valence-electron chi connectivity index (χ0n) is 15.9. The summed E-state index contributed by atoms with van der Waals surface area (Å²) in [6.45, 7) is 6.01. The minimum atomic E-state index is -0.161. The van der Waals surface area contributed by atoms with E-state index in [2.05, 4.69) is 14.9 Å². The standard InChI is InChI=1S/C21H23ClN4O2/c1-15-24-19-14-23-20(22)13-18(19)21(27)26(15)16-5-7-17(8-6-16)28-12-4-11-25-9-2-3-10-25/h5-8,13-14H,2-4,9-12H2,1H3. The van der Waals surface area contributed by atoms with Gasteiger partial charge in [0.1, 0.15) is 16.7 Å². The molecule has 1 aliphatic rings. The van der Waals surface area contributed by atoms with Crippen LogP contribution in [0.5, 0.6) is 5.75 Å². The maximum atomic E-state index is 12.9. The number of aryl methyl sites for hydroxylation is 1. The molecule has 6 nitrogen and oxygen atoms in total. The summed E-state index contributed by atoms with van der Waals surface area (Å²) in [4.78, 5) is 23.9. The molecule has 0 saturated carbocycles. The predicted octanol–water partition coefficient (Wildman–Crippen LogP) is 3.61. The van der Waals surface area contributed by atoms with Gasteiger partial charge in [-0.15, -0.1) is 0 Å². The topological polar surface area (TPSA) is 60.3 Å². The number of hydrogen-bond donors (Lipinski definition) is 0. The van der Waals surface area contributed by atoms with Crippen LogP contribution in [0.2, 0.25) is 5.15 Å². The van der Waals surface area contributed by atoms with Crippen molar-refractivity contribution in [1.29, 1.82) is 0 Å². The minimum absolute atomic E-state index is 0.161. The Balaban J connectivity index is 1.48. The molecule has 0 N–H and O–H groups in total. The van der Waals surface area contributed by atoms with Gasteiger partial charge >= 0.3 is 0 Å². The Hall–Kier alpha value is -2.44. The van der Waals surface area contributed by atoms with Crippen LogP contribution in [-0.4, -0.2) is 45.7 Å². The van der Waals surface area contributed by atoms with Gasteiger partial charge in [-0.05, 0) is 69.6 Å². The van der Waals surface area contributed by atoms with Gasteiger partial charge in [-0.3, -0.25) is 9.36 Å². The fourth-order valence-electron chi connectivity index (χ4n) is 3.65. The van der Waals surface area contributed by atoms with E-state index in [1.54, 1.807) is 17.6 Å². The second-order valence-electron chi connectivity index (χ2n) is 7.07. The zero-order valence-corrected chi connectivity index (χ0v) is 16.7. The Bertz CT molecular complexity index is 1030. The van der Waals surface area contributed by atoms with Crippen LogP contribution in [0.15, 0.2) is 41.3 Å². The van der Waals surface area contributed by atoms with Gasteiger partial charge in [0.15, 0.2) is 0 Å². The number of halogens is 1. The highest BCUT2D eigenvalue weighted by molar-refractivity contribution is 6.30. The second kappa shape index (κ2) is 8.29. The first-order valence-corrected chi connectivity index (χ1v) is 10.00. The van der Waals surface area contributed by atoms with E-state index in [-0.39, 0.29) is 10.7 Å². The molecule has 0 amide bonds. The van der Waals surface area contributed by atoms with Gasteiger partial charge in [0, 0.05) is 6.54 Å². The van der Waals surface area contributed by atoms with Crippen LogP contribution < -0.4 is 10.3 Å². The van der Waals surface area contributed by atoms with Gasteiger partial charge in [-0.25, -0.2) is 9.97 Å². The van der Waals surface area contributed by atoms with Crippen LogP contribution in [0.25, 0.3) is 16.6 Å². The third kappa shape index (κ3) is 4.03. The maximum Gasteiger partial charge on any atom is 0.266 e. The number of pyridine rings is 1. The van der Waals surface area contributed by atoms with Gasteiger partial charge in [0.05, 0.1) is 29.4 Å². The van der Waals surface area contributed by atoms with Crippen LogP contribution in [0, 0.1) is 6.92 Å². The van der Waals surface area contributed by atoms with Crippen molar-refractivity contribution in [2.75, 3.05) is 26.2 Å². The molecule has 0 bridgehead atoms. The lowest BCUT2D eigenvalue weighted by Crippen LogP contribution is -2.22. The smallest absolute Gasteiger partial charge is 0.266 e. The Morgan fingerprint density at radius 2 is 1.93 bits per heavy atom. The van der Waals surface area contributed by atoms with E-state index < -0.39 is 0 Å². The molecule has 2 aromatic heterocycles. The number of hydrogen-bond acceptors (Lipinski definition) is 5. The first-order chi connectivity index (χ1) is 13.6. The summed E-state index contributed by atoms with van der Waals surface area (Å²) in [7, 11) is 0. The molecule has 7 heteroatoms. The van der Waals surface area contributed by atoms with Crippen molar-refractivity contribution in [2.45, 2.75) is 26.2 Å². The third-order valence-electron chi connectivity index (χ3n) is 5.07. The fraction of sp³-hybridized carbons (Fsp3) is 0.381. The van der Waals surface area contributed by atoms with Gasteiger partial charge in [-0.2, -0.15) is 0 Å². The minimum Gasteiger partial charge on any atom is -0.494 e. The normalized spacial score (nSPS) is 14.6. The quantitative estimate of drug-likeness (QED) is 0.469. The number of benzene rings is 1. The summed E-state index contributed by atoms with van der Waals surface area (Å²) in [5.74, 6) is 1.40. The van der Waals surface area contributed by atoms with E-state index in [9.17, 15) is 4.79 Å². The summed E-state index contributed by atoms with van der Waals surface area (Å²) in [6, 6.07) is 9.09. The van der Waals surface area contributed by atoms with E-state index in [1.165, 1.54) is 32.1 Å². The molecule has 1 fully saturated rings. The molecule has 3 heterocycles. The molecule has 4 rings (SSSR count). The van der Waals surface area contributed by atoms with E-state index in [0.717, 1.165) is 24.4 Å². The summed E-state index contributed by atoms with van der Waals surface area (Å²) in [5.41, 5.74) is 1.13. The average molecular weight is 399 g/mol. The van der Waals surface area contributed by atoms with Crippen LogP contribution >= 0.6 is 11.6 Å². The predicted molar refractivity (Wildman–Crippen MR) is 111 cm³/mol.